The van der Waals surface area contributed by atoms with Crippen molar-refractivity contribution in [3.63, 3.8) is 0 Å². The van der Waals surface area contributed by atoms with E-state index in [1.165, 1.54) is 11.3 Å². The molecule has 0 bridgehead atoms. The van der Waals surface area contributed by atoms with Gasteiger partial charge in [-0.05, 0) is 31.3 Å². The minimum atomic E-state index is -3.55. The Bertz CT molecular complexity index is 1120. The molecule has 7 nitrogen and oxygen atoms in total. The minimum Gasteiger partial charge on any atom is -0.322 e. The molecule has 0 aliphatic carbocycles. The molecule has 0 radical (unpaired) electrons. The van der Waals surface area contributed by atoms with Gasteiger partial charge >= 0.3 is 6.03 Å². The number of likely N-dealkylation sites (N-methyl/N-ethyl adjacent to an activating group) is 1. The number of sulfone groups is 1. The van der Waals surface area contributed by atoms with Crippen molar-refractivity contribution in [1.29, 1.82) is 0 Å². The van der Waals surface area contributed by atoms with Gasteiger partial charge in [-0.25, -0.2) is 18.2 Å². The third-order valence-electron chi connectivity index (χ3n) is 5.02. The number of piperazine rings is 1. The Kier molecular flexibility index (Phi) is 5.85. The van der Waals surface area contributed by atoms with E-state index in [1.807, 2.05) is 12.4 Å². The number of hydrogen-bond acceptors (Lipinski definition) is 6. The van der Waals surface area contributed by atoms with Gasteiger partial charge in [0.15, 0.2) is 5.13 Å². The molecule has 2 amide bonds. The van der Waals surface area contributed by atoms with E-state index >= 15 is 0 Å². The monoisotopic (exact) mass is 442 g/mol. The highest BCUT2D eigenvalue weighted by Gasteiger charge is 2.20. The van der Waals surface area contributed by atoms with Crippen molar-refractivity contribution in [3.8, 4) is 11.3 Å². The number of urea groups is 1. The molecule has 4 rings (SSSR count). The summed E-state index contributed by atoms with van der Waals surface area (Å²) in [6, 6.07) is 14.8. The number of nitrogens with one attached hydrogen (secondary N) is 1. The zero-order valence-corrected chi connectivity index (χ0v) is 18.1. The summed E-state index contributed by atoms with van der Waals surface area (Å²) in [5.41, 5.74) is 1.48. The largest absolute Gasteiger partial charge is 0.323 e. The SMILES string of the molecule is CN1CCN(C(=O)Nc2nc(-c3ccc(S(=O)(=O)c4ccccc4)cc3)cs2)CC1. The molecule has 1 aliphatic rings. The quantitative estimate of drug-likeness (QED) is 0.669. The molecular formula is C21H22N4O3S2. The summed E-state index contributed by atoms with van der Waals surface area (Å²) in [5.74, 6) is 0. The van der Waals surface area contributed by atoms with Gasteiger partial charge in [0.2, 0.25) is 9.84 Å². The molecule has 1 aliphatic heterocycles. The number of nitrogens with zero attached hydrogens (tertiary/aromatic N) is 3. The molecule has 9 heteroatoms. The summed E-state index contributed by atoms with van der Waals surface area (Å²) >= 11 is 1.35. The Morgan fingerprint density at radius 3 is 2.27 bits per heavy atom. The van der Waals surface area contributed by atoms with Crippen LogP contribution in [0.4, 0.5) is 9.93 Å². The number of thiazole rings is 1. The number of rotatable bonds is 4. The molecule has 0 spiro atoms. The first-order valence-corrected chi connectivity index (χ1v) is 11.9. The second-order valence-corrected chi connectivity index (χ2v) is 9.91. The van der Waals surface area contributed by atoms with Crippen LogP contribution >= 0.6 is 11.3 Å². The molecule has 0 saturated carbocycles. The molecule has 1 N–H and O–H groups in total. The smallest absolute Gasteiger partial charge is 0.322 e. The van der Waals surface area contributed by atoms with Gasteiger partial charge in [-0.2, -0.15) is 0 Å². The molecule has 2 aromatic carbocycles. The highest BCUT2D eigenvalue weighted by atomic mass is 32.2. The molecule has 0 unspecified atom stereocenters. The number of hydrogen-bond donors (Lipinski definition) is 1. The van der Waals surface area contributed by atoms with E-state index in [9.17, 15) is 13.2 Å². The number of anilines is 1. The van der Waals surface area contributed by atoms with Crippen LogP contribution in [0, 0.1) is 0 Å². The van der Waals surface area contributed by atoms with E-state index in [-0.39, 0.29) is 15.8 Å². The van der Waals surface area contributed by atoms with Crippen LogP contribution in [0.25, 0.3) is 11.3 Å². The lowest BCUT2D eigenvalue weighted by Crippen LogP contribution is -2.48. The Balaban J connectivity index is 1.46. The highest BCUT2D eigenvalue weighted by molar-refractivity contribution is 7.91. The maximum Gasteiger partial charge on any atom is 0.323 e. The fourth-order valence-electron chi connectivity index (χ4n) is 3.18. The van der Waals surface area contributed by atoms with Gasteiger partial charge in [0, 0.05) is 37.1 Å². The van der Waals surface area contributed by atoms with Crippen LogP contribution in [-0.4, -0.2) is 62.5 Å². The lowest BCUT2D eigenvalue weighted by molar-refractivity contribution is 0.164. The van der Waals surface area contributed by atoms with Crippen molar-refractivity contribution >= 4 is 32.3 Å². The minimum absolute atomic E-state index is 0.145. The average molecular weight is 443 g/mol. The number of amides is 2. The average Bonchev–Trinajstić information content (AvgIpc) is 3.23. The van der Waals surface area contributed by atoms with Crippen molar-refractivity contribution in [2.75, 3.05) is 38.5 Å². The second kappa shape index (κ2) is 8.55. The molecule has 1 aromatic heterocycles. The van der Waals surface area contributed by atoms with Gasteiger partial charge in [0.05, 0.1) is 15.5 Å². The van der Waals surface area contributed by atoms with Crippen LogP contribution in [0.5, 0.6) is 0 Å². The first-order valence-electron chi connectivity index (χ1n) is 9.54. The Labute approximate surface area is 179 Å². The summed E-state index contributed by atoms with van der Waals surface area (Å²) in [6.07, 6.45) is 0. The fourth-order valence-corrected chi connectivity index (χ4v) is 5.18. The van der Waals surface area contributed by atoms with Crippen LogP contribution in [-0.2, 0) is 9.84 Å². The topological polar surface area (TPSA) is 82.6 Å². The first-order chi connectivity index (χ1) is 14.4. The van der Waals surface area contributed by atoms with Crippen molar-refractivity contribution in [2.45, 2.75) is 9.79 Å². The predicted molar refractivity (Wildman–Crippen MR) is 118 cm³/mol. The van der Waals surface area contributed by atoms with E-state index in [4.69, 9.17) is 0 Å². The predicted octanol–water partition coefficient (Wildman–Crippen LogP) is 3.42. The highest BCUT2D eigenvalue weighted by Crippen LogP contribution is 2.28. The van der Waals surface area contributed by atoms with Gasteiger partial charge in [0.25, 0.3) is 0 Å². The number of aromatic nitrogens is 1. The van der Waals surface area contributed by atoms with Crippen LogP contribution in [0.1, 0.15) is 0 Å². The summed E-state index contributed by atoms with van der Waals surface area (Å²) in [7, 11) is -1.51. The summed E-state index contributed by atoms with van der Waals surface area (Å²) in [4.78, 5) is 21.4. The Morgan fingerprint density at radius 1 is 0.967 bits per heavy atom. The first kappa shape index (κ1) is 20.5. The number of benzene rings is 2. The number of carbonyl (C=O) groups excluding carboxylic acids is 1. The zero-order chi connectivity index (χ0) is 21.1. The third-order valence-corrected chi connectivity index (χ3v) is 7.57. The maximum absolute atomic E-state index is 12.7. The Hall–Kier alpha value is -2.75. The van der Waals surface area contributed by atoms with Gasteiger partial charge in [0.1, 0.15) is 0 Å². The standard InChI is InChI=1S/C21H22N4O3S2/c1-24-11-13-25(14-12-24)21(26)23-20-22-19(15-29-20)16-7-9-18(10-8-16)30(27,28)17-5-3-2-4-6-17/h2-10,15H,11-14H2,1H3,(H,22,23,26). The molecule has 1 saturated heterocycles. The Morgan fingerprint density at radius 2 is 1.60 bits per heavy atom. The van der Waals surface area contributed by atoms with Crippen molar-refractivity contribution in [3.05, 3.63) is 60.0 Å². The van der Waals surface area contributed by atoms with Gasteiger partial charge < -0.3 is 9.80 Å². The number of carbonyl (C=O) groups is 1. The third kappa shape index (κ3) is 4.38. The van der Waals surface area contributed by atoms with Crippen LogP contribution in [0.15, 0.2) is 69.8 Å². The summed E-state index contributed by atoms with van der Waals surface area (Å²) in [6.45, 7) is 3.10. The van der Waals surface area contributed by atoms with E-state index in [0.717, 1.165) is 18.7 Å². The molecular weight excluding hydrogens is 420 g/mol. The molecule has 2 heterocycles. The maximum atomic E-state index is 12.7. The lowest BCUT2D eigenvalue weighted by Gasteiger charge is -2.32. The lowest BCUT2D eigenvalue weighted by atomic mass is 10.2. The zero-order valence-electron chi connectivity index (χ0n) is 16.5. The summed E-state index contributed by atoms with van der Waals surface area (Å²) < 4.78 is 25.4. The van der Waals surface area contributed by atoms with Crippen LogP contribution in [0.2, 0.25) is 0 Å². The van der Waals surface area contributed by atoms with Crippen LogP contribution in [0.3, 0.4) is 0 Å². The van der Waals surface area contributed by atoms with E-state index in [1.54, 1.807) is 59.5 Å². The molecule has 156 valence electrons. The van der Waals surface area contributed by atoms with Gasteiger partial charge in [-0.3, -0.25) is 5.32 Å². The van der Waals surface area contributed by atoms with E-state index in [0.29, 0.717) is 23.9 Å². The normalized spacial score (nSPS) is 15.2. The molecule has 0 atom stereocenters. The molecule has 1 fully saturated rings. The second-order valence-electron chi connectivity index (χ2n) is 7.10. The van der Waals surface area contributed by atoms with Crippen LogP contribution < -0.4 is 5.32 Å². The molecule has 30 heavy (non-hydrogen) atoms. The fraction of sp³-hybridized carbons (Fsp3) is 0.238. The van der Waals surface area contributed by atoms with Crippen molar-refractivity contribution in [2.24, 2.45) is 0 Å². The van der Waals surface area contributed by atoms with Gasteiger partial charge in [-0.15, -0.1) is 11.3 Å². The molecule has 3 aromatic rings. The summed E-state index contributed by atoms with van der Waals surface area (Å²) in [5, 5.41) is 5.22. The van der Waals surface area contributed by atoms with E-state index < -0.39 is 9.84 Å². The van der Waals surface area contributed by atoms with Crippen molar-refractivity contribution in [1.82, 2.24) is 14.8 Å². The van der Waals surface area contributed by atoms with Crippen molar-refractivity contribution < 1.29 is 13.2 Å². The van der Waals surface area contributed by atoms with Gasteiger partial charge in [-0.1, -0.05) is 30.3 Å². The van der Waals surface area contributed by atoms with E-state index in [2.05, 4.69) is 15.2 Å².